The molecule has 1 saturated heterocycles. The molecule has 1 heterocycles. The van der Waals surface area contributed by atoms with Crippen molar-refractivity contribution in [2.24, 2.45) is 5.41 Å². The summed E-state index contributed by atoms with van der Waals surface area (Å²) in [6.07, 6.45) is 8.33. The molecular formula is C15H30N2. The first-order chi connectivity index (χ1) is 8.09. The zero-order valence-electron chi connectivity index (χ0n) is 12.0. The van der Waals surface area contributed by atoms with E-state index in [1.165, 1.54) is 58.2 Å². The van der Waals surface area contributed by atoms with E-state index < -0.39 is 0 Å². The number of piperidine rings is 1. The smallest absolute Gasteiger partial charge is 0.0198 e. The number of nitrogens with one attached hydrogen (secondary N) is 1. The largest absolute Gasteiger partial charge is 0.310 e. The van der Waals surface area contributed by atoms with Crippen molar-refractivity contribution in [2.45, 2.75) is 71.4 Å². The summed E-state index contributed by atoms with van der Waals surface area (Å²) in [6.45, 7) is 10.9. The van der Waals surface area contributed by atoms with Gasteiger partial charge in [-0.05, 0) is 57.0 Å². The zero-order chi connectivity index (χ0) is 12.3. The molecule has 2 heteroatoms. The van der Waals surface area contributed by atoms with Crippen LogP contribution in [0.4, 0.5) is 0 Å². The van der Waals surface area contributed by atoms with Crippen LogP contribution in [0, 0.1) is 5.41 Å². The molecule has 2 aliphatic rings. The Morgan fingerprint density at radius 2 is 1.82 bits per heavy atom. The lowest BCUT2D eigenvalue weighted by atomic mass is 9.75. The fourth-order valence-electron chi connectivity index (χ4n) is 3.38. The van der Waals surface area contributed by atoms with E-state index in [2.05, 4.69) is 31.0 Å². The normalized spacial score (nSPS) is 31.6. The number of hydrogen-bond donors (Lipinski definition) is 1. The van der Waals surface area contributed by atoms with Gasteiger partial charge < -0.3 is 10.2 Å². The molecule has 1 aliphatic heterocycles. The molecule has 0 aromatic rings. The van der Waals surface area contributed by atoms with Gasteiger partial charge in [-0.3, -0.25) is 0 Å². The summed E-state index contributed by atoms with van der Waals surface area (Å²) < 4.78 is 0. The molecule has 1 atom stereocenters. The van der Waals surface area contributed by atoms with Gasteiger partial charge in [0.2, 0.25) is 0 Å². The molecule has 0 aromatic carbocycles. The quantitative estimate of drug-likeness (QED) is 0.813. The Balaban J connectivity index is 1.74. The number of likely N-dealkylation sites (N-methyl/N-ethyl adjacent to an activating group) is 1. The van der Waals surface area contributed by atoms with Crippen LogP contribution in [-0.4, -0.2) is 36.6 Å². The van der Waals surface area contributed by atoms with Crippen molar-refractivity contribution in [3.63, 3.8) is 0 Å². The van der Waals surface area contributed by atoms with E-state index >= 15 is 0 Å². The predicted octanol–water partition coefficient (Wildman–Crippen LogP) is 3.03. The fourth-order valence-corrected chi connectivity index (χ4v) is 3.38. The fraction of sp³-hybridized carbons (Fsp3) is 1.00. The molecule has 0 bridgehead atoms. The Hall–Kier alpha value is -0.0800. The molecule has 100 valence electrons. The highest BCUT2D eigenvalue weighted by Gasteiger charge is 2.28. The van der Waals surface area contributed by atoms with E-state index in [0.717, 1.165) is 12.1 Å². The van der Waals surface area contributed by atoms with E-state index in [4.69, 9.17) is 0 Å². The Labute approximate surface area is 107 Å². The third-order valence-electron chi connectivity index (χ3n) is 4.76. The molecule has 0 amide bonds. The first-order valence-electron chi connectivity index (χ1n) is 7.57. The average Bonchev–Trinajstić information content (AvgIpc) is 2.32. The summed E-state index contributed by atoms with van der Waals surface area (Å²) >= 11 is 0. The van der Waals surface area contributed by atoms with Gasteiger partial charge in [0.05, 0.1) is 0 Å². The lowest BCUT2D eigenvalue weighted by Crippen LogP contribution is -2.50. The van der Waals surface area contributed by atoms with Crippen LogP contribution in [0.1, 0.15) is 59.3 Å². The second-order valence-corrected chi connectivity index (χ2v) is 6.84. The number of likely N-dealkylation sites (tertiary alicyclic amines) is 1. The molecule has 2 rings (SSSR count). The Morgan fingerprint density at radius 1 is 1.12 bits per heavy atom. The Kier molecular flexibility index (Phi) is 4.48. The van der Waals surface area contributed by atoms with E-state index in [1.807, 2.05) is 0 Å². The SMILES string of the molecule is CCN1CCCC(NC2CCC(C)(C)CC2)C1. The summed E-state index contributed by atoms with van der Waals surface area (Å²) in [5, 5.41) is 3.92. The van der Waals surface area contributed by atoms with Gasteiger partial charge in [0, 0.05) is 18.6 Å². The number of hydrogen-bond acceptors (Lipinski definition) is 2. The second kappa shape index (κ2) is 5.71. The Morgan fingerprint density at radius 3 is 2.47 bits per heavy atom. The second-order valence-electron chi connectivity index (χ2n) is 6.84. The first kappa shape index (κ1) is 13.4. The molecule has 1 saturated carbocycles. The van der Waals surface area contributed by atoms with Crippen LogP contribution in [0.15, 0.2) is 0 Å². The van der Waals surface area contributed by atoms with Gasteiger partial charge in [0.15, 0.2) is 0 Å². The highest BCUT2D eigenvalue weighted by molar-refractivity contribution is 4.86. The lowest BCUT2D eigenvalue weighted by molar-refractivity contribution is 0.157. The summed E-state index contributed by atoms with van der Waals surface area (Å²) in [5.74, 6) is 0. The van der Waals surface area contributed by atoms with Crippen molar-refractivity contribution in [2.75, 3.05) is 19.6 Å². The van der Waals surface area contributed by atoms with Crippen molar-refractivity contribution < 1.29 is 0 Å². The topological polar surface area (TPSA) is 15.3 Å². The number of nitrogens with zero attached hydrogens (tertiary/aromatic N) is 1. The van der Waals surface area contributed by atoms with Crippen molar-refractivity contribution in [3.05, 3.63) is 0 Å². The average molecular weight is 238 g/mol. The molecule has 0 radical (unpaired) electrons. The minimum atomic E-state index is 0.597. The predicted molar refractivity (Wildman–Crippen MR) is 74.3 cm³/mol. The maximum Gasteiger partial charge on any atom is 0.0198 e. The van der Waals surface area contributed by atoms with Crippen molar-refractivity contribution >= 4 is 0 Å². The van der Waals surface area contributed by atoms with Crippen LogP contribution in [-0.2, 0) is 0 Å². The van der Waals surface area contributed by atoms with E-state index in [0.29, 0.717) is 5.41 Å². The van der Waals surface area contributed by atoms with Crippen LogP contribution in [0.25, 0.3) is 0 Å². The zero-order valence-corrected chi connectivity index (χ0v) is 12.0. The van der Waals surface area contributed by atoms with Crippen molar-refractivity contribution in [1.29, 1.82) is 0 Å². The molecule has 1 unspecified atom stereocenters. The van der Waals surface area contributed by atoms with Crippen LogP contribution in [0.2, 0.25) is 0 Å². The highest BCUT2D eigenvalue weighted by atomic mass is 15.2. The summed E-state index contributed by atoms with van der Waals surface area (Å²) in [4.78, 5) is 2.59. The van der Waals surface area contributed by atoms with E-state index in [9.17, 15) is 0 Å². The molecule has 1 N–H and O–H groups in total. The highest BCUT2D eigenvalue weighted by Crippen LogP contribution is 2.35. The minimum Gasteiger partial charge on any atom is -0.310 e. The summed E-state index contributed by atoms with van der Waals surface area (Å²) in [7, 11) is 0. The molecule has 1 aliphatic carbocycles. The molecule has 2 fully saturated rings. The third-order valence-corrected chi connectivity index (χ3v) is 4.76. The molecular weight excluding hydrogens is 208 g/mol. The van der Waals surface area contributed by atoms with E-state index in [1.54, 1.807) is 0 Å². The van der Waals surface area contributed by atoms with Crippen LogP contribution < -0.4 is 5.32 Å². The van der Waals surface area contributed by atoms with Gasteiger partial charge in [-0.25, -0.2) is 0 Å². The lowest BCUT2D eigenvalue weighted by Gasteiger charge is -2.39. The Bertz CT molecular complexity index is 227. The monoisotopic (exact) mass is 238 g/mol. The van der Waals surface area contributed by atoms with Gasteiger partial charge in [-0.15, -0.1) is 0 Å². The van der Waals surface area contributed by atoms with Gasteiger partial charge in [0.1, 0.15) is 0 Å². The molecule has 0 aromatic heterocycles. The third kappa shape index (κ3) is 3.96. The molecule has 0 spiro atoms. The summed E-state index contributed by atoms with van der Waals surface area (Å²) in [5.41, 5.74) is 0.597. The van der Waals surface area contributed by atoms with Gasteiger partial charge in [-0.2, -0.15) is 0 Å². The van der Waals surface area contributed by atoms with Gasteiger partial charge in [0.25, 0.3) is 0 Å². The maximum absolute atomic E-state index is 3.92. The first-order valence-corrected chi connectivity index (χ1v) is 7.57. The summed E-state index contributed by atoms with van der Waals surface area (Å²) in [6, 6.07) is 1.56. The maximum atomic E-state index is 3.92. The van der Waals surface area contributed by atoms with Crippen LogP contribution in [0.5, 0.6) is 0 Å². The molecule has 2 nitrogen and oxygen atoms in total. The van der Waals surface area contributed by atoms with Crippen LogP contribution >= 0.6 is 0 Å². The minimum absolute atomic E-state index is 0.597. The number of rotatable bonds is 3. The van der Waals surface area contributed by atoms with Gasteiger partial charge in [-0.1, -0.05) is 20.8 Å². The van der Waals surface area contributed by atoms with Gasteiger partial charge >= 0.3 is 0 Å². The van der Waals surface area contributed by atoms with E-state index in [-0.39, 0.29) is 0 Å². The van der Waals surface area contributed by atoms with Crippen molar-refractivity contribution in [1.82, 2.24) is 10.2 Å². The van der Waals surface area contributed by atoms with Crippen molar-refractivity contribution in [3.8, 4) is 0 Å². The van der Waals surface area contributed by atoms with Crippen LogP contribution in [0.3, 0.4) is 0 Å². The standard InChI is InChI=1S/C15H30N2/c1-4-17-11-5-6-14(12-17)16-13-7-9-15(2,3)10-8-13/h13-14,16H,4-12H2,1-3H3. The molecule has 17 heavy (non-hydrogen) atoms.